The number of piperidine rings is 1. The summed E-state index contributed by atoms with van der Waals surface area (Å²) in [4.78, 5) is 23.8. The molecule has 2 rings (SSSR count). The molecule has 1 heterocycles. The van der Waals surface area contributed by atoms with Gasteiger partial charge in [-0.25, -0.2) is 0 Å². The molecule has 5 heteroatoms. The zero-order valence-electron chi connectivity index (χ0n) is 9.33. The fourth-order valence-electron chi connectivity index (χ4n) is 1.86. The summed E-state index contributed by atoms with van der Waals surface area (Å²) in [6.07, 6.45) is 4.00. The van der Waals surface area contributed by atoms with Gasteiger partial charge in [-0.3, -0.25) is 14.9 Å². The van der Waals surface area contributed by atoms with Gasteiger partial charge >= 0.3 is 0 Å². The second-order valence-electron chi connectivity index (χ2n) is 3.96. The molecule has 0 atom stereocenters. The molecule has 17 heavy (non-hydrogen) atoms. The van der Waals surface area contributed by atoms with Crippen molar-refractivity contribution >= 4 is 11.6 Å². The summed E-state index contributed by atoms with van der Waals surface area (Å²) in [5.41, 5.74) is 0.519. The predicted molar refractivity (Wildman–Crippen MR) is 62.5 cm³/mol. The molecule has 5 nitrogen and oxygen atoms in total. The molecular weight excluding hydrogens is 220 g/mol. The average molecular weight is 233 g/mol. The average Bonchev–Trinajstić information content (AvgIpc) is 2.39. The third-order valence-corrected chi connectivity index (χ3v) is 2.82. The minimum Gasteiger partial charge on any atom is -0.339 e. The lowest BCUT2D eigenvalue weighted by molar-refractivity contribution is -0.384. The molecule has 0 aliphatic carbocycles. The van der Waals surface area contributed by atoms with E-state index in [9.17, 15) is 14.9 Å². The van der Waals surface area contributed by atoms with Crippen LogP contribution in [-0.4, -0.2) is 28.8 Å². The maximum Gasteiger partial charge on any atom is 0.269 e. The van der Waals surface area contributed by atoms with Crippen LogP contribution < -0.4 is 0 Å². The van der Waals surface area contributed by atoms with Crippen LogP contribution >= 0.6 is 0 Å². The van der Waals surface area contributed by atoms with Gasteiger partial charge in [-0.2, -0.15) is 0 Å². The van der Waals surface area contributed by atoms with E-state index in [1.165, 1.54) is 24.3 Å². The molecule has 0 N–H and O–H groups in total. The highest BCUT2D eigenvalue weighted by molar-refractivity contribution is 5.94. The maximum absolute atomic E-state index is 12.0. The molecule has 0 aromatic heterocycles. The second kappa shape index (κ2) is 4.95. The van der Waals surface area contributed by atoms with Crippen molar-refractivity contribution in [2.75, 3.05) is 13.1 Å². The highest BCUT2D eigenvalue weighted by Crippen LogP contribution is 2.16. The number of hydrogen-bond acceptors (Lipinski definition) is 3. The van der Waals surface area contributed by atoms with E-state index in [2.05, 4.69) is 6.42 Å². The van der Waals surface area contributed by atoms with Crippen LogP contribution in [0.2, 0.25) is 0 Å². The summed E-state index contributed by atoms with van der Waals surface area (Å²) in [5.74, 6) is -0.0482. The molecule has 1 amide bonds. The Balaban J connectivity index is 2.10. The van der Waals surface area contributed by atoms with Crippen LogP contribution in [0.5, 0.6) is 0 Å². The first-order valence-electron chi connectivity index (χ1n) is 5.54. The third kappa shape index (κ3) is 2.61. The Bertz CT molecular complexity index is 422. The van der Waals surface area contributed by atoms with Crippen molar-refractivity contribution in [1.29, 1.82) is 0 Å². The van der Waals surface area contributed by atoms with Gasteiger partial charge in [0.15, 0.2) is 0 Å². The van der Waals surface area contributed by atoms with Gasteiger partial charge in [0.05, 0.1) is 4.92 Å². The number of non-ortho nitro benzene ring substituents is 1. The van der Waals surface area contributed by atoms with Crippen molar-refractivity contribution in [1.82, 2.24) is 4.90 Å². The molecular formula is C12H13N2O3. The van der Waals surface area contributed by atoms with E-state index in [0.717, 1.165) is 25.9 Å². The van der Waals surface area contributed by atoms with Crippen LogP contribution in [0.15, 0.2) is 24.3 Å². The van der Waals surface area contributed by atoms with Gasteiger partial charge in [0.1, 0.15) is 0 Å². The van der Waals surface area contributed by atoms with Gasteiger partial charge < -0.3 is 4.90 Å². The number of nitrogens with zero attached hydrogens (tertiary/aromatic N) is 2. The van der Waals surface area contributed by atoms with E-state index >= 15 is 0 Å². The number of carbonyl (C=O) groups is 1. The fraction of sp³-hybridized carbons (Fsp3) is 0.333. The first-order valence-corrected chi connectivity index (χ1v) is 5.54. The first-order chi connectivity index (χ1) is 8.18. The quantitative estimate of drug-likeness (QED) is 0.580. The number of hydrogen-bond donors (Lipinski definition) is 0. The van der Waals surface area contributed by atoms with Crippen LogP contribution in [0.3, 0.4) is 0 Å². The smallest absolute Gasteiger partial charge is 0.269 e. The fourth-order valence-corrected chi connectivity index (χ4v) is 1.86. The number of benzene rings is 1. The van der Waals surface area contributed by atoms with Gasteiger partial charge in [0.2, 0.25) is 0 Å². The zero-order valence-corrected chi connectivity index (χ0v) is 9.33. The van der Waals surface area contributed by atoms with Crippen molar-refractivity contribution in [2.45, 2.75) is 12.8 Å². The highest BCUT2D eigenvalue weighted by atomic mass is 16.6. The Kier molecular flexibility index (Phi) is 3.37. The molecule has 1 saturated heterocycles. The van der Waals surface area contributed by atoms with Gasteiger partial charge in [-0.05, 0) is 31.4 Å². The number of carbonyl (C=O) groups excluding carboxylic acids is 1. The lowest BCUT2D eigenvalue weighted by Crippen LogP contribution is -2.35. The minimum atomic E-state index is -0.468. The van der Waals surface area contributed by atoms with E-state index in [4.69, 9.17) is 0 Å². The molecule has 1 fully saturated rings. The van der Waals surface area contributed by atoms with Gasteiger partial charge in [0, 0.05) is 30.8 Å². The number of amides is 1. The normalized spacial score (nSPS) is 15.6. The molecule has 0 bridgehead atoms. The molecule has 1 radical (unpaired) electrons. The molecule has 1 aliphatic heterocycles. The number of rotatable bonds is 2. The van der Waals surface area contributed by atoms with Crippen LogP contribution in [0.25, 0.3) is 0 Å². The lowest BCUT2D eigenvalue weighted by Gasteiger charge is -2.26. The topological polar surface area (TPSA) is 63.4 Å². The van der Waals surface area contributed by atoms with Crippen LogP contribution in [0, 0.1) is 16.5 Å². The van der Waals surface area contributed by atoms with Gasteiger partial charge in [0.25, 0.3) is 11.6 Å². The van der Waals surface area contributed by atoms with Crippen molar-refractivity contribution in [3.05, 3.63) is 46.4 Å². The number of nitro benzene ring substituents is 1. The Morgan fingerprint density at radius 2 is 1.76 bits per heavy atom. The predicted octanol–water partition coefficient (Wildman–Crippen LogP) is 2.04. The van der Waals surface area contributed by atoms with E-state index < -0.39 is 4.92 Å². The Morgan fingerprint density at radius 1 is 1.18 bits per heavy atom. The van der Waals surface area contributed by atoms with Crippen LogP contribution in [-0.2, 0) is 0 Å². The standard InChI is InChI=1S/C12H13N2O3/c15-12(13-8-2-1-3-9-13)10-4-6-11(7-5-10)14(16)17/h1,4-7H,2-3,8-9H2. The molecule has 0 unspecified atom stereocenters. The molecule has 1 aromatic rings. The first kappa shape index (κ1) is 11.6. The summed E-state index contributed by atoms with van der Waals surface area (Å²) in [6.45, 7) is 1.46. The molecule has 0 spiro atoms. The Labute approximate surface area is 99.2 Å². The number of nitro groups is 1. The van der Waals surface area contributed by atoms with E-state index in [1.807, 2.05) is 0 Å². The van der Waals surface area contributed by atoms with Gasteiger partial charge in [-0.1, -0.05) is 0 Å². The molecule has 1 aromatic carbocycles. The lowest BCUT2D eigenvalue weighted by atomic mass is 10.1. The second-order valence-corrected chi connectivity index (χ2v) is 3.96. The summed E-state index contributed by atoms with van der Waals surface area (Å²) in [7, 11) is 0. The Hall–Kier alpha value is -1.91. The summed E-state index contributed by atoms with van der Waals surface area (Å²) >= 11 is 0. The molecule has 89 valence electrons. The highest BCUT2D eigenvalue weighted by Gasteiger charge is 2.18. The molecule has 1 aliphatic rings. The van der Waals surface area contributed by atoms with Crippen LogP contribution in [0.4, 0.5) is 5.69 Å². The largest absolute Gasteiger partial charge is 0.339 e. The van der Waals surface area contributed by atoms with Crippen molar-refractivity contribution in [2.24, 2.45) is 0 Å². The monoisotopic (exact) mass is 233 g/mol. The van der Waals surface area contributed by atoms with E-state index in [1.54, 1.807) is 4.90 Å². The van der Waals surface area contributed by atoms with Gasteiger partial charge in [-0.15, -0.1) is 0 Å². The molecule has 0 saturated carbocycles. The summed E-state index contributed by atoms with van der Waals surface area (Å²) < 4.78 is 0. The Morgan fingerprint density at radius 3 is 2.29 bits per heavy atom. The van der Waals surface area contributed by atoms with Crippen molar-refractivity contribution in [3.8, 4) is 0 Å². The maximum atomic E-state index is 12.0. The van der Waals surface area contributed by atoms with Crippen molar-refractivity contribution < 1.29 is 9.72 Å². The van der Waals surface area contributed by atoms with E-state index in [-0.39, 0.29) is 11.6 Å². The third-order valence-electron chi connectivity index (χ3n) is 2.82. The van der Waals surface area contributed by atoms with E-state index in [0.29, 0.717) is 5.56 Å². The number of likely N-dealkylation sites (tertiary alicyclic amines) is 1. The minimum absolute atomic E-state index is 0.00790. The summed E-state index contributed by atoms with van der Waals surface area (Å²) in [5, 5.41) is 10.5. The summed E-state index contributed by atoms with van der Waals surface area (Å²) in [6, 6.07) is 5.75. The SMILES string of the molecule is O=C(c1ccc([N+](=O)[O-])cc1)N1CC[CH]CC1. The van der Waals surface area contributed by atoms with Crippen molar-refractivity contribution in [3.63, 3.8) is 0 Å². The zero-order chi connectivity index (χ0) is 12.3. The van der Waals surface area contributed by atoms with Crippen LogP contribution in [0.1, 0.15) is 23.2 Å².